The Morgan fingerprint density at radius 1 is 1.42 bits per heavy atom. The van der Waals surface area contributed by atoms with Crippen LogP contribution >= 0.6 is 0 Å². The van der Waals surface area contributed by atoms with Gasteiger partial charge in [-0.25, -0.2) is 4.98 Å². The molecule has 6 nitrogen and oxygen atoms in total. The zero-order chi connectivity index (χ0) is 13.5. The number of aryl methyl sites for hydroxylation is 1. The number of aromatic nitrogens is 3. The van der Waals surface area contributed by atoms with Crippen LogP contribution in [0.2, 0.25) is 0 Å². The normalized spacial score (nSPS) is 16.5. The van der Waals surface area contributed by atoms with Gasteiger partial charge in [-0.1, -0.05) is 19.3 Å². The van der Waals surface area contributed by atoms with Gasteiger partial charge in [0.25, 0.3) is 0 Å². The van der Waals surface area contributed by atoms with Gasteiger partial charge in [0, 0.05) is 26.1 Å². The lowest BCUT2D eigenvalue weighted by molar-refractivity contribution is -0.121. The Morgan fingerprint density at radius 3 is 2.89 bits per heavy atom. The smallest absolute Gasteiger partial charge is 0.234 e. The highest BCUT2D eigenvalue weighted by Gasteiger charge is 2.15. The van der Waals surface area contributed by atoms with E-state index in [1.807, 2.05) is 7.05 Å². The third kappa shape index (κ3) is 4.98. The van der Waals surface area contributed by atoms with Crippen LogP contribution in [0.4, 0.5) is 0 Å². The molecule has 1 fully saturated rings. The summed E-state index contributed by atoms with van der Waals surface area (Å²) in [5.74, 6) is 0.906. The summed E-state index contributed by atoms with van der Waals surface area (Å²) in [5.41, 5.74) is 0. The van der Waals surface area contributed by atoms with E-state index >= 15 is 0 Å². The minimum absolute atomic E-state index is 0.0980. The molecular formula is C13H23N5O. The molecule has 1 aromatic rings. The van der Waals surface area contributed by atoms with Crippen molar-refractivity contribution in [2.24, 2.45) is 7.05 Å². The van der Waals surface area contributed by atoms with Crippen molar-refractivity contribution < 1.29 is 4.79 Å². The maximum absolute atomic E-state index is 11.7. The van der Waals surface area contributed by atoms with Gasteiger partial charge in [-0.3, -0.25) is 9.48 Å². The number of hydrogen-bond acceptors (Lipinski definition) is 4. The summed E-state index contributed by atoms with van der Waals surface area (Å²) >= 11 is 0. The summed E-state index contributed by atoms with van der Waals surface area (Å²) < 4.78 is 1.69. The van der Waals surface area contributed by atoms with E-state index in [0.29, 0.717) is 12.6 Å². The average molecular weight is 265 g/mol. The summed E-state index contributed by atoms with van der Waals surface area (Å²) in [6, 6.07) is 0.389. The van der Waals surface area contributed by atoms with Crippen LogP contribution in [0.15, 0.2) is 6.33 Å². The van der Waals surface area contributed by atoms with Gasteiger partial charge in [-0.05, 0) is 12.8 Å². The lowest BCUT2D eigenvalue weighted by Crippen LogP contribution is -2.41. The van der Waals surface area contributed by atoms with Crippen LogP contribution in [0.3, 0.4) is 0 Å². The van der Waals surface area contributed by atoms with Gasteiger partial charge in [0.2, 0.25) is 5.91 Å². The predicted octanol–water partition coefficient (Wildman–Crippen LogP) is 0.396. The standard InChI is InChI=1S/C13H23N5O/c1-18-10-15-12(17-18)7-8-14-9-13(19)16-11-5-3-2-4-6-11/h10-11,14H,2-9H2,1H3,(H,16,19). The maximum atomic E-state index is 11.7. The van der Waals surface area contributed by atoms with Crippen LogP contribution in [0, 0.1) is 0 Å². The number of nitrogens with one attached hydrogen (secondary N) is 2. The van der Waals surface area contributed by atoms with Gasteiger partial charge in [-0.2, -0.15) is 5.10 Å². The first-order valence-electron chi connectivity index (χ1n) is 7.08. The number of nitrogens with zero attached hydrogens (tertiary/aromatic N) is 3. The monoisotopic (exact) mass is 265 g/mol. The van der Waals surface area contributed by atoms with Crippen molar-refractivity contribution in [3.05, 3.63) is 12.2 Å². The highest BCUT2D eigenvalue weighted by atomic mass is 16.1. The van der Waals surface area contributed by atoms with Crippen molar-refractivity contribution in [2.75, 3.05) is 13.1 Å². The Kier molecular flexibility index (Phi) is 5.32. The maximum Gasteiger partial charge on any atom is 0.234 e. The molecule has 0 atom stereocenters. The Hall–Kier alpha value is -1.43. The molecule has 0 spiro atoms. The second-order valence-electron chi connectivity index (χ2n) is 5.16. The molecule has 0 saturated heterocycles. The molecule has 2 N–H and O–H groups in total. The van der Waals surface area contributed by atoms with Gasteiger partial charge < -0.3 is 10.6 Å². The molecule has 0 bridgehead atoms. The number of carbonyl (C=O) groups is 1. The zero-order valence-electron chi connectivity index (χ0n) is 11.6. The third-order valence-corrected chi connectivity index (χ3v) is 3.43. The van der Waals surface area contributed by atoms with Crippen molar-refractivity contribution in [1.82, 2.24) is 25.4 Å². The molecule has 1 aliphatic carbocycles. The minimum Gasteiger partial charge on any atom is -0.352 e. The van der Waals surface area contributed by atoms with Crippen molar-refractivity contribution >= 4 is 5.91 Å². The van der Waals surface area contributed by atoms with Crippen molar-refractivity contribution in [3.63, 3.8) is 0 Å². The summed E-state index contributed by atoms with van der Waals surface area (Å²) in [6.45, 7) is 1.10. The highest BCUT2D eigenvalue weighted by Crippen LogP contribution is 2.16. The second kappa shape index (κ2) is 7.23. The molecule has 2 rings (SSSR count). The van der Waals surface area contributed by atoms with E-state index in [1.165, 1.54) is 19.3 Å². The first kappa shape index (κ1) is 14.0. The lowest BCUT2D eigenvalue weighted by Gasteiger charge is -2.22. The molecule has 1 amide bonds. The van der Waals surface area contributed by atoms with Gasteiger partial charge in [0.15, 0.2) is 5.82 Å². The summed E-state index contributed by atoms with van der Waals surface area (Å²) in [4.78, 5) is 15.9. The van der Waals surface area contributed by atoms with Crippen molar-refractivity contribution in [2.45, 2.75) is 44.6 Å². The van der Waals surface area contributed by atoms with Gasteiger partial charge >= 0.3 is 0 Å². The average Bonchev–Trinajstić information content (AvgIpc) is 2.82. The third-order valence-electron chi connectivity index (χ3n) is 3.43. The largest absolute Gasteiger partial charge is 0.352 e. The van der Waals surface area contributed by atoms with E-state index in [9.17, 15) is 4.79 Å². The first-order valence-corrected chi connectivity index (χ1v) is 7.08. The Bertz CT molecular complexity index is 397. The molecule has 0 aromatic carbocycles. The van der Waals surface area contributed by atoms with Crippen molar-refractivity contribution in [3.8, 4) is 0 Å². The van der Waals surface area contributed by atoms with E-state index < -0.39 is 0 Å². The van der Waals surface area contributed by atoms with Crippen LogP contribution < -0.4 is 10.6 Å². The highest BCUT2D eigenvalue weighted by molar-refractivity contribution is 5.78. The fourth-order valence-corrected chi connectivity index (χ4v) is 2.43. The topological polar surface area (TPSA) is 71.8 Å². The van der Waals surface area contributed by atoms with Crippen molar-refractivity contribution in [1.29, 1.82) is 0 Å². The Balaban J connectivity index is 1.56. The Labute approximate surface area is 114 Å². The SMILES string of the molecule is Cn1cnc(CCNCC(=O)NC2CCCCC2)n1. The molecule has 1 heterocycles. The summed E-state index contributed by atoms with van der Waals surface area (Å²) in [7, 11) is 1.85. The van der Waals surface area contributed by atoms with Crippen LogP contribution in [0.1, 0.15) is 37.9 Å². The lowest BCUT2D eigenvalue weighted by atomic mass is 9.95. The summed E-state index contributed by atoms with van der Waals surface area (Å²) in [5, 5.41) is 10.4. The Morgan fingerprint density at radius 2 is 2.21 bits per heavy atom. The quantitative estimate of drug-likeness (QED) is 0.730. The first-order chi connectivity index (χ1) is 9.24. The number of rotatable bonds is 6. The number of amides is 1. The molecule has 0 radical (unpaired) electrons. The van der Waals surface area contributed by atoms with Gasteiger partial charge in [-0.15, -0.1) is 0 Å². The molecule has 1 saturated carbocycles. The second-order valence-corrected chi connectivity index (χ2v) is 5.16. The van der Waals surface area contributed by atoms with Gasteiger partial charge in [0.05, 0.1) is 6.54 Å². The van der Waals surface area contributed by atoms with Crippen LogP contribution in [0.5, 0.6) is 0 Å². The molecular weight excluding hydrogens is 242 g/mol. The number of hydrogen-bond donors (Lipinski definition) is 2. The van der Waals surface area contributed by atoms with E-state index in [1.54, 1.807) is 11.0 Å². The molecule has 1 aliphatic rings. The molecule has 0 aliphatic heterocycles. The van der Waals surface area contributed by atoms with Crippen LogP contribution in [0.25, 0.3) is 0 Å². The van der Waals surface area contributed by atoms with E-state index in [4.69, 9.17) is 0 Å². The van der Waals surface area contributed by atoms with Crippen LogP contribution in [-0.2, 0) is 18.3 Å². The number of carbonyl (C=O) groups excluding carboxylic acids is 1. The predicted molar refractivity (Wildman–Crippen MR) is 72.6 cm³/mol. The van der Waals surface area contributed by atoms with Gasteiger partial charge in [0.1, 0.15) is 6.33 Å². The zero-order valence-corrected chi connectivity index (χ0v) is 11.6. The molecule has 1 aromatic heterocycles. The molecule has 0 unspecified atom stereocenters. The molecule has 19 heavy (non-hydrogen) atoms. The van der Waals surface area contributed by atoms with E-state index in [2.05, 4.69) is 20.7 Å². The summed E-state index contributed by atoms with van der Waals surface area (Å²) in [6.07, 6.45) is 8.48. The fraction of sp³-hybridized carbons (Fsp3) is 0.769. The van der Waals surface area contributed by atoms with E-state index in [0.717, 1.165) is 31.6 Å². The van der Waals surface area contributed by atoms with E-state index in [-0.39, 0.29) is 5.91 Å². The minimum atomic E-state index is 0.0980. The van der Waals surface area contributed by atoms with Crippen LogP contribution in [-0.4, -0.2) is 39.8 Å². The molecule has 106 valence electrons. The fourth-order valence-electron chi connectivity index (χ4n) is 2.43. The molecule has 6 heteroatoms.